The van der Waals surface area contributed by atoms with Crippen LogP contribution in [-0.4, -0.2) is 15.3 Å². The van der Waals surface area contributed by atoms with Crippen molar-refractivity contribution in [3.8, 4) is 16.9 Å². The molecule has 2 rings (SSSR count). The van der Waals surface area contributed by atoms with E-state index < -0.39 is 0 Å². The zero-order valence-electron chi connectivity index (χ0n) is 7.28. The first-order valence-corrected chi connectivity index (χ1v) is 4.06. The maximum absolute atomic E-state index is 9.47. The second-order valence-corrected chi connectivity index (χ2v) is 2.99. The summed E-state index contributed by atoms with van der Waals surface area (Å²) in [5.74, 6) is 0.318. The van der Waals surface area contributed by atoms with Crippen molar-refractivity contribution in [2.75, 3.05) is 0 Å². The summed E-state index contributed by atoms with van der Waals surface area (Å²) in [5, 5.41) is 16.0. The fourth-order valence-corrected chi connectivity index (χ4v) is 1.20. The predicted molar refractivity (Wildman–Crippen MR) is 50.4 cm³/mol. The highest BCUT2D eigenvalue weighted by atomic mass is 16.3. The van der Waals surface area contributed by atoms with Gasteiger partial charge in [-0.15, -0.1) is 0 Å². The molecule has 0 aliphatic heterocycles. The van der Waals surface area contributed by atoms with Crippen LogP contribution in [0.2, 0.25) is 0 Å². The van der Waals surface area contributed by atoms with Gasteiger partial charge >= 0.3 is 0 Å². The number of phenolic OH excluding ortho intramolecular Hbond substituents is 1. The fourth-order valence-electron chi connectivity index (χ4n) is 1.20. The highest BCUT2D eigenvalue weighted by Gasteiger charge is 2.01. The molecule has 0 saturated carbocycles. The summed E-state index contributed by atoms with van der Waals surface area (Å²) in [4.78, 5) is 0. The third-order valence-corrected chi connectivity index (χ3v) is 2.04. The predicted octanol–water partition coefficient (Wildman–Crippen LogP) is 2.09. The molecule has 0 unspecified atom stereocenters. The zero-order chi connectivity index (χ0) is 9.26. The van der Waals surface area contributed by atoms with Gasteiger partial charge in [-0.25, -0.2) is 0 Å². The molecule has 0 radical (unpaired) electrons. The van der Waals surface area contributed by atoms with Crippen molar-refractivity contribution in [2.45, 2.75) is 6.92 Å². The Morgan fingerprint density at radius 2 is 2.15 bits per heavy atom. The number of aryl methyl sites for hydroxylation is 1. The Morgan fingerprint density at radius 1 is 1.31 bits per heavy atom. The van der Waals surface area contributed by atoms with Crippen molar-refractivity contribution in [3.05, 3.63) is 36.2 Å². The first-order valence-electron chi connectivity index (χ1n) is 4.06. The Labute approximate surface area is 76.0 Å². The van der Waals surface area contributed by atoms with E-state index in [1.807, 2.05) is 19.1 Å². The molecule has 0 amide bonds. The van der Waals surface area contributed by atoms with Crippen LogP contribution >= 0.6 is 0 Å². The Kier molecular flexibility index (Phi) is 1.77. The average Bonchev–Trinajstić information content (AvgIpc) is 2.62. The van der Waals surface area contributed by atoms with Gasteiger partial charge in [0.1, 0.15) is 5.75 Å². The first-order chi connectivity index (χ1) is 6.27. The van der Waals surface area contributed by atoms with Crippen LogP contribution in [0.4, 0.5) is 0 Å². The quantitative estimate of drug-likeness (QED) is 0.695. The second-order valence-electron chi connectivity index (χ2n) is 2.99. The van der Waals surface area contributed by atoms with Crippen molar-refractivity contribution < 1.29 is 5.11 Å². The minimum atomic E-state index is 0.318. The number of H-pyrrole nitrogens is 1. The van der Waals surface area contributed by atoms with Gasteiger partial charge in [-0.2, -0.15) is 5.10 Å². The van der Waals surface area contributed by atoms with E-state index in [1.165, 1.54) is 0 Å². The largest absolute Gasteiger partial charge is 0.508 e. The van der Waals surface area contributed by atoms with E-state index in [-0.39, 0.29) is 0 Å². The van der Waals surface area contributed by atoms with E-state index in [2.05, 4.69) is 10.2 Å². The number of hydrogen-bond acceptors (Lipinski definition) is 2. The lowest BCUT2D eigenvalue weighted by Crippen LogP contribution is -1.77. The van der Waals surface area contributed by atoms with E-state index in [1.54, 1.807) is 18.5 Å². The van der Waals surface area contributed by atoms with Gasteiger partial charge in [-0.3, -0.25) is 5.10 Å². The second kappa shape index (κ2) is 2.94. The molecule has 0 aliphatic rings. The molecular weight excluding hydrogens is 164 g/mol. The summed E-state index contributed by atoms with van der Waals surface area (Å²) in [6.45, 7) is 1.87. The van der Waals surface area contributed by atoms with Gasteiger partial charge in [0.15, 0.2) is 0 Å². The van der Waals surface area contributed by atoms with Crippen LogP contribution in [0.15, 0.2) is 30.6 Å². The number of aromatic nitrogens is 2. The van der Waals surface area contributed by atoms with Gasteiger partial charge in [0.25, 0.3) is 0 Å². The molecule has 0 fully saturated rings. The van der Waals surface area contributed by atoms with Crippen molar-refractivity contribution >= 4 is 0 Å². The lowest BCUT2D eigenvalue weighted by molar-refractivity contribution is 0.471. The number of nitrogens with one attached hydrogen (secondary N) is 1. The van der Waals surface area contributed by atoms with E-state index in [0.29, 0.717) is 5.75 Å². The smallest absolute Gasteiger partial charge is 0.119 e. The lowest BCUT2D eigenvalue weighted by Gasteiger charge is -2.00. The summed E-state index contributed by atoms with van der Waals surface area (Å²) in [6, 6.07) is 5.58. The average molecular weight is 174 g/mol. The van der Waals surface area contributed by atoms with E-state index >= 15 is 0 Å². The van der Waals surface area contributed by atoms with Gasteiger partial charge in [0.05, 0.1) is 6.20 Å². The molecule has 1 heterocycles. The number of benzene rings is 1. The summed E-state index contributed by atoms with van der Waals surface area (Å²) in [6.07, 6.45) is 3.52. The van der Waals surface area contributed by atoms with Gasteiger partial charge < -0.3 is 5.11 Å². The molecule has 1 aromatic carbocycles. The maximum atomic E-state index is 9.47. The summed E-state index contributed by atoms with van der Waals surface area (Å²) >= 11 is 0. The van der Waals surface area contributed by atoms with Crippen molar-refractivity contribution in [3.63, 3.8) is 0 Å². The molecule has 2 aromatic rings. The van der Waals surface area contributed by atoms with Crippen LogP contribution in [0, 0.1) is 6.92 Å². The van der Waals surface area contributed by atoms with Gasteiger partial charge in [0, 0.05) is 11.8 Å². The summed E-state index contributed by atoms with van der Waals surface area (Å²) in [7, 11) is 0. The Balaban J connectivity index is 2.49. The number of hydrogen-bond donors (Lipinski definition) is 2. The Bertz CT molecular complexity index is 407. The number of phenols is 1. The van der Waals surface area contributed by atoms with Crippen molar-refractivity contribution in [2.24, 2.45) is 0 Å². The molecule has 2 N–H and O–H groups in total. The van der Waals surface area contributed by atoms with Crippen molar-refractivity contribution in [1.29, 1.82) is 0 Å². The first kappa shape index (κ1) is 7.86. The molecule has 0 saturated heterocycles. The minimum Gasteiger partial charge on any atom is -0.508 e. The molecule has 0 aliphatic carbocycles. The van der Waals surface area contributed by atoms with Crippen LogP contribution in [-0.2, 0) is 0 Å². The topological polar surface area (TPSA) is 48.9 Å². The standard InChI is InChI=1S/C10H10N2O/c1-7-2-3-8(4-10(7)13)9-5-11-12-6-9/h2-6,13H,1H3,(H,11,12). The van der Waals surface area contributed by atoms with Crippen LogP contribution in [0.1, 0.15) is 5.56 Å². The van der Waals surface area contributed by atoms with E-state index in [4.69, 9.17) is 0 Å². The molecular formula is C10H10N2O. The van der Waals surface area contributed by atoms with Crippen LogP contribution in [0.3, 0.4) is 0 Å². The van der Waals surface area contributed by atoms with E-state index in [0.717, 1.165) is 16.7 Å². The van der Waals surface area contributed by atoms with Crippen LogP contribution in [0.25, 0.3) is 11.1 Å². The fraction of sp³-hybridized carbons (Fsp3) is 0.100. The van der Waals surface area contributed by atoms with Gasteiger partial charge in [-0.1, -0.05) is 12.1 Å². The molecule has 1 aromatic heterocycles. The van der Waals surface area contributed by atoms with E-state index in [9.17, 15) is 5.11 Å². The molecule has 0 atom stereocenters. The molecule has 3 heteroatoms. The number of nitrogens with zero attached hydrogens (tertiary/aromatic N) is 1. The summed E-state index contributed by atoms with van der Waals surface area (Å²) in [5.41, 5.74) is 2.83. The minimum absolute atomic E-state index is 0.318. The monoisotopic (exact) mass is 174 g/mol. The molecule has 0 bridgehead atoms. The normalized spacial score (nSPS) is 10.2. The molecule has 0 spiro atoms. The SMILES string of the molecule is Cc1ccc(-c2cn[nH]c2)cc1O. The highest BCUT2D eigenvalue weighted by molar-refractivity contribution is 5.64. The Hall–Kier alpha value is -1.77. The van der Waals surface area contributed by atoms with Crippen LogP contribution < -0.4 is 0 Å². The molecule has 66 valence electrons. The highest BCUT2D eigenvalue weighted by Crippen LogP contribution is 2.24. The summed E-state index contributed by atoms with van der Waals surface area (Å²) < 4.78 is 0. The molecule has 13 heavy (non-hydrogen) atoms. The third kappa shape index (κ3) is 1.40. The van der Waals surface area contributed by atoms with Crippen molar-refractivity contribution in [1.82, 2.24) is 10.2 Å². The third-order valence-electron chi connectivity index (χ3n) is 2.04. The number of aromatic hydroxyl groups is 1. The van der Waals surface area contributed by atoms with Gasteiger partial charge in [0.2, 0.25) is 0 Å². The number of rotatable bonds is 1. The van der Waals surface area contributed by atoms with Gasteiger partial charge in [-0.05, 0) is 24.1 Å². The molecule has 3 nitrogen and oxygen atoms in total. The Morgan fingerprint density at radius 3 is 2.77 bits per heavy atom. The number of aromatic amines is 1. The lowest BCUT2D eigenvalue weighted by atomic mass is 10.1. The zero-order valence-corrected chi connectivity index (χ0v) is 7.28. The van der Waals surface area contributed by atoms with Crippen LogP contribution in [0.5, 0.6) is 5.75 Å². The maximum Gasteiger partial charge on any atom is 0.119 e.